The summed E-state index contributed by atoms with van der Waals surface area (Å²) in [5.41, 5.74) is 0. The zero-order chi connectivity index (χ0) is 24.0. The molecule has 0 radical (unpaired) electrons. The Morgan fingerprint density at radius 2 is 1.56 bits per heavy atom. The molecule has 190 valence electrons. The van der Waals surface area contributed by atoms with E-state index < -0.39 is 0 Å². The molecule has 2 bridgehead atoms. The molecule has 3 saturated heterocycles. The number of imide groups is 1. The maximum atomic E-state index is 13.4. The number of fused-ring (bicyclic) bond motifs is 9. The van der Waals surface area contributed by atoms with Crippen LogP contribution in [0.25, 0.3) is 10.1 Å². The van der Waals surface area contributed by atoms with E-state index in [1.165, 1.54) is 29.3 Å². The highest BCUT2D eigenvalue weighted by Crippen LogP contribution is 2.64. The van der Waals surface area contributed by atoms with Crippen LogP contribution in [0.3, 0.4) is 0 Å². The number of benzene rings is 1. The number of anilines is 1. The van der Waals surface area contributed by atoms with Gasteiger partial charge in [0, 0.05) is 56.5 Å². The van der Waals surface area contributed by atoms with Gasteiger partial charge in [0.25, 0.3) is 0 Å². The fraction of sp³-hybridized carbons (Fsp3) is 0.679. The number of ether oxygens (including phenoxy) is 1. The zero-order valence-electron chi connectivity index (χ0n) is 20.6. The Morgan fingerprint density at radius 1 is 0.889 bits per heavy atom. The van der Waals surface area contributed by atoms with Crippen LogP contribution in [0.2, 0.25) is 0 Å². The Bertz CT molecular complexity index is 1180. The summed E-state index contributed by atoms with van der Waals surface area (Å²) < 4.78 is 11.8. The second kappa shape index (κ2) is 8.23. The molecule has 0 spiro atoms. The summed E-state index contributed by atoms with van der Waals surface area (Å²) >= 11 is 1.59. The molecule has 0 N–H and O–H groups in total. The first-order chi connectivity index (χ1) is 17.7. The molecule has 7 nitrogen and oxygen atoms in total. The summed E-state index contributed by atoms with van der Waals surface area (Å²) in [6.07, 6.45) is 6.43. The first kappa shape index (κ1) is 22.0. The smallest absolute Gasteiger partial charge is 0.233 e. The highest BCUT2D eigenvalue weighted by molar-refractivity contribution is 7.13. The summed E-state index contributed by atoms with van der Waals surface area (Å²) in [5, 5.41) is 1.27. The van der Waals surface area contributed by atoms with Crippen molar-refractivity contribution in [3.63, 3.8) is 0 Å². The molecule has 0 unspecified atom stereocenters. The lowest BCUT2D eigenvalue weighted by Gasteiger charge is -2.40. The second-order valence-corrected chi connectivity index (χ2v) is 12.9. The third-order valence-electron chi connectivity index (χ3n) is 10.4. The van der Waals surface area contributed by atoms with Gasteiger partial charge in [-0.05, 0) is 54.8 Å². The van der Waals surface area contributed by atoms with Crippen molar-refractivity contribution >= 4 is 39.3 Å². The van der Waals surface area contributed by atoms with Gasteiger partial charge in [0.15, 0.2) is 0 Å². The standard InChI is InChI=1S/C28H34N4O3S/c33-27-22-19-13-20(25-24(19)35-25)23(22)28(34)32(27)15-17-6-2-1-5-16(17)14-30-9-11-31(12-10-30)26-18-7-3-4-8-21(18)36-29-26/h3-4,7-8,16-17,19-20,22-25H,1-2,5-6,9-15H2/t16-,17-,19-,20+,22+,23-,24-,25+/m0/s1. The number of nitrogens with zero attached hydrogens (tertiary/aromatic N) is 4. The third kappa shape index (κ3) is 3.26. The number of hydrogen-bond acceptors (Lipinski definition) is 7. The molecule has 4 heterocycles. The molecule has 2 amide bonds. The van der Waals surface area contributed by atoms with Crippen LogP contribution in [0.4, 0.5) is 5.82 Å². The van der Waals surface area contributed by atoms with E-state index in [0.717, 1.165) is 51.4 Å². The minimum Gasteiger partial charge on any atom is -0.369 e. The number of piperazine rings is 1. The summed E-state index contributed by atoms with van der Waals surface area (Å²) in [4.78, 5) is 33.5. The molecule has 8 rings (SSSR count). The van der Waals surface area contributed by atoms with Gasteiger partial charge >= 0.3 is 0 Å². The van der Waals surface area contributed by atoms with Gasteiger partial charge in [-0.2, -0.15) is 4.37 Å². The van der Waals surface area contributed by atoms with Gasteiger partial charge in [0.2, 0.25) is 11.8 Å². The van der Waals surface area contributed by atoms with Crippen molar-refractivity contribution in [2.24, 2.45) is 35.5 Å². The van der Waals surface area contributed by atoms with E-state index in [-0.39, 0.29) is 35.9 Å². The first-order valence-electron chi connectivity index (χ1n) is 14.0. The number of carbonyl (C=O) groups is 2. The van der Waals surface area contributed by atoms with E-state index in [1.807, 2.05) is 0 Å². The highest BCUT2D eigenvalue weighted by Gasteiger charge is 2.73. The van der Waals surface area contributed by atoms with Crippen LogP contribution >= 0.6 is 11.5 Å². The number of hydrogen-bond donors (Lipinski definition) is 0. The van der Waals surface area contributed by atoms with Gasteiger partial charge < -0.3 is 9.64 Å². The molecule has 6 aliphatic rings. The number of amides is 2. The van der Waals surface area contributed by atoms with Crippen LogP contribution in [0.1, 0.15) is 32.1 Å². The van der Waals surface area contributed by atoms with E-state index in [0.29, 0.717) is 30.2 Å². The predicted octanol–water partition coefficient (Wildman–Crippen LogP) is 3.24. The van der Waals surface area contributed by atoms with Crippen molar-refractivity contribution in [2.45, 2.75) is 44.3 Å². The molecule has 1 aromatic heterocycles. The average Bonchev–Trinajstić information content (AvgIpc) is 3.18. The Hall–Kier alpha value is -2.03. The Morgan fingerprint density at radius 3 is 2.28 bits per heavy atom. The fourth-order valence-corrected chi connectivity index (χ4v) is 9.33. The molecule has 1 aromatic carbocycles. The summed E-state index contributed by atoms with van der Waals surface area (Å²) in [5.74, 6) is 2.85. The van der Waals surface area contributed by atoms with E-state index in [2.05, 4.69) is 34.1 Å². The van der Waals surface area contributed by atoms with Crippen LogP contribution in [-0.4, -0.2) is 77.5 Å². The fourth-order valence-electron chi connectivity index (χ4n) is 8.54. The van der Waals surface area contributed by atoms with Crippen LogP contribution in [0.15, 0.2) is 24.3 Å². The van der Waals surface area contributed by atoms with Crippen molar-refractivity contribution in [3.05, 3.63) is 24.3 Å². The monoisotopic (exact) mass is 506 g/mol. The third-order valence-corrected chi connectivity index (χ3v) is 11.2. The molecular weight excluding hydrogens is 472 g/mol. The SMILES string of the molecule is O=C1[C@@H]2[C@@H]3C[C@@H]([C@H]4O[C@@H]34)[C@@H]2C(=O)N1C[C@@H]1CCCC[C@H]1CN1CCN(c2nsc3ccccc23)CC1. The van der Waals surface area contributed by atoms with Crippen molar-refractivity contribution < 1.29 is 14.3 Å². The van der Waals surface area contributed by atoms with Gasteiger partial charge in [-0.25, -0.2) is 0 Å². The zero-order valence-corrected chi connectivity index (χ0v) is 21.4. The number of aromatic nitrogens is 1. The van der Waals surface area contributed by atoms with E-state index in [9.17, 15) is 9.59 Å². The van der Waals surface area contributed by atoms with Crippen LogP contribution in [0.5, 0.6) is 0 Å². The normalized spacial score (nSPS) is 39.8. The van der Waals surface area contributed by atoms with Crippen LogP contribution in [0, 0.1) is 35.5 Å². The first-order valence-corrected chi connectivity index (χ1v) is 14.8. The lowest BCUT2D eigenvalue weighted by Crippen LogP contribution is -2.49. The molecular formula is C28H34N4O3S. The molecule has 8 heteroatoms. The predicted molar refractivity (Wildman–Crippen MR) is 138 cm³/mol. The molecule has 6 fully saturated rings. The molecule has 36 heavy (non-hydrogen) atoms. The van der Waals surface area contributed by atoms with Crippen LogP contribution < -0.4 is 4.90 Å². The van der Waals surface area contributed by atoms with Crippen LogP contribution in [-0.2, 0) is 14.3 Å². The molecule has 3 aliphatic carbocycles. The van der Waals surface area contributed by atoms with E-state index in [1.54, 1.807) is 16.4 Å². The van der Waals surface area contributed by atoms with Crippen molar-refractivity contribution in [2.75, 3.05) is 44.2 Å². The molecule has 3 aliphatic heterocycles. The van der Waals surface area contributed by atoms with E-state index in [4.69, 9.17) is 9.11 Å². The maximum Gasteiger partial charge on any atom is 0.233 e. The minimum atomic E-state index is -0.0804. The molecule has 8 atom stereocenters. The van der Waals surface area contributed by atoms with Crippen molar-refractivity contribution in [1.29, 1.82) is 0 Å². The molecule has 2 aromatic rings. The Balaban J connectivity index is 0.916. The van der Waals surface area contributed by atoms with E-state index >= 15 is 0 Å². The lowest BCUT2D eigenvalue weighted by molar-refractivity contribution is -0.142. The summed E-state index contributed by atoms with van der Waals surface area (Å²) in [6.45, 7) is 5.84. The largest absolute Gasteiger partial charge is 0.369 e. The second-order valence-electron chi connectivity index (χ2n) is 12.1. The van der Waals surface area contributed by atoms with Crippen molar-refractivity contribution in [3.8, 4) is 0 Å². The quantitative estimate of drug-likeness (QED) is 0.458. The van der Waals surface area contributed by atoms with Gasteiger partial charge in [0.05, 0.1) is 28.7 Å². The topological polar surface area (TPSA) is 69.3 Å². The lowest BCUT2D eigenvalue weighted by atomic mass is 9.78. The maximum absolute atomic E-state index is 13.4. The van der Waals surface area contributed by atoms with Gasteiger partial charge in [-0.15, -0.1) is 0 Å². The number of epoxide rings is 1. The number of carbonyl (C=O) groups excluding carboxylic acids is 2. The van der Waals surface area contributed by atoms with Gasteiger partial charge in [-0.3, -0.25) is 19.4 Å². The minimum absolute atomic E-state index is 0.0804. The Labute approximate surface area is 215 Å². The highest BCUT2D eigenvalue weighted by atomic mass is 32.1. The average molecular weight is 507 g/mol. The summed E-state index contributed by atoms with van der Waals surface area (Å²) in [7, 11) is 0. The van der Waals surface area contributed by atoms with Gasteiger partial charge in [-0.1, -0.05) is 25.0 Å². The number of likely N-dealkylation sites (tertiary alicyclic amines) is 1. The Kier molecular flexibility index (Phi) is 5.03. The molecule has 3 saturated carbocycles. The summed E-state index contributed by atoms with van der Waals surface area (Å²) in [6, 6.07) is 8.52. The van der Waals surface area contributed by atoms with Crippen molar-refractivity contribution in [1.82, 2.24) is 14.2 Å². The van der Waals surface area contributed by atoms with Gasteiger partial charge in [0.1, 0.15) is 5.82 Å². The number of rotatable bonds is 5.